The third-order valence-corrected chi connectivity index (χ3v) is 3.29. The second-order valence-corrected chi connectivity index (χ2v) is 4.83. The van der Waals surface area contributed by atoms with E-state index in [2.05, 4.69) is 0 Å². The van der Waals surface area contributed by atoms with Crippen LogP contribution in [0.3, 0.4) is 0 Å². The zero-order valence-electron chi connectivity index (χ0n) is 9.20. The van der Waals surface area contributed by atoms with Crippen LogP contribution in [0.15, 0.2) is 35.0 Å². The molecule has 0 bridgehead atoms. The monoisotopic (exact) mass is 253 g/mol. The Morgan fingerprint density at radius 1 is 1.06 bits per heavy atom. The minimum Gasteiger partial charge on any atom is -0.327 e. The molecule has 4 heteroatoms. The first kappa shape index (κ1) is 12.2. The highest BCUT2D eigenvalue weighted by molar-refractivity contribution is 7.07. The van der Waals surface area contributed by atoms with E-state index < -0.39 is 11.6 Å². The van der Waals surface area contributed by atoms with Gasteiger partial charge in [0.05, 0.1) is 0 Å². The Balaban J connectivity index is 1.98. The van der Waals surface area contributed by atoms with E-state index in [0.717, 1.165) is 18.1 Å². The molecule has 1 nitrogen and oxygen atoms in total. The lowest BCUT2D eigenvalue weighted by molar-refractivity contribution is 0.506. The average Bonchev–Trinajstić information content (AvgIpc) is 2.76. The molecule has 0 aliphatic carbocycles. The van der Waals surface area contributed by atoms with Gasteiger partial charge in [-0.3, -0.25) is 0 Å². The van der Waals surface area contributed by atoms with Crippen molar-refractivity contribution < 1.29 is 8.78 Å². The molecular weight excluding hydrogens is 240 g/mol. The number of halogens is 2. The van der Waals surface area contributed by atoms with Crippen LogP contribution < -0.4 is 5.73 Å². The van der Waals surface area contributed by atoms with Gasteiger partial charge in [-0.2, -0.15) is 11.3 Å². The number of nitrogens with two attached hydrogens (primary N) is 1. The van der Waals surface area contributed by atoms with Crippen LogP contribution in [0.25, 0.3) is 0 Å². The largest absolute Gasteiger partial charge is 0.327 e. The maximum atomic E-state index is 13.0. The summed E-state index contributed by atoms with van der Waals surface area (Å²) in [5, 5.41) is 4.05. The molecule has 90 valence electrons. The topological polar surface area (TPSA) is 26.0 Å². The summed E-state index contributed by atoms with van der Waals surface area (Å²) in [6, 6.07) is 5.88. The number of benzene rings is 1. The van der Waals surface area contributed by atoms with Crippen molar-refractivity contribution in [3.05, 3.63) is 57.8 Å². The van der Waals surface area contributed by atoms with Gasteiger partial charge >= 0.3 is 0 Å². The van der Waals surface area contributed by atoms with Gasteiger partial charge in [-0.25, -0.2) is 8.78 Å². The molecule has 17 heavy (non-hydrogen) atoms. The number of thiophene rings is 1. The molecule has 1 atom stereocenters. The Morgan fingerprint density at radius 3 is 2.47 bits per heavy atom. The lowest BCUT2D eigenvalue weighted by Gasteiger charge is -2.10. The van der Waals surface area contributed by atoms with Crippen LogP contribution in [0.1, 0.15) is 11.1 Å². The molecule has 0 saturated heterocycles. The molecule has 0 spiro atoms. The Morgan fingerprint density at radius 2 is 1.82 bits per heavy atom. The zero-order valence-corrected chi connectivity index (χ0v) is 10.0. The summed E-state index contributed by atoms with van der Waals surface area (Å²) in [5.41, 5.74) is 7.89. The van der Waals surface area contributed by atoms with Crippen molar-refractivity contribution in [3.63, 3.8) is 0 Å². The first-order valence-electron chi connectivity index (χ1n) is 5.36. The van der Waals surface area contributed by atoms with Crippen LogP contribution in [-0.4, -0.2) is 6.04 Å². The van der Waals surface area contributed by atoms with Crippen molar-refractivity contribution in [3.8, 4) is 0 Å². The molecule has 0 aliphatic heterocycles. The van der Waals surface area contributed by atoms with Gasteiger partial charge in [-0.1, -0.05) is 6.07 Å². The Bertz CT molecular complexity index is 482. The molecule has 0 aliphatic rings. The maximum Gasteiger partial charge on any atom is 0.159 e. The normalized spacial score (nSPS) is 12.6. The molecule has 1 unspecified atom stereocenters. The SMILES string of the molecule is NC(Cc1ccsc1)Cc1ccc(F)c(F)c1. The highest BCUT2D eigenvalue weighted by atomic mass is 32.1. The fraction of sp³-hybridized carbons (Fsp3) is 0.231. The summed E-state index contributed by atoms with van der Waals surface area (Å²) in [7, 11) is 0. The van der Waals surface area contributed by atoms with Crippen LogP contribution in [0, 0.1) is 11.6 Å². The van der Waals surface area contributed by atoms with Crippen molar-refractivity contribution in [2.75, 3.05) is 0 Å². The quantitative estimate of drug-likeness (QED) is 0.890. The van der Waals surface area contributed by atoms with Gasteiger partial charge in [0.15, 0.2) is 11.6 Å². The summed E-state index contributed by atoms with van der Waals surface area (Å²) in [6.07, 6.45) is 1.30. The van der Waals surface area contributed by atoms with E-state index in [9.17, 15) is 8.78 Å². The van der Waals surface area contributed by atoms with Gasteiger partial charge in [-0.05, 0) is 52.9 Å². The molecule has 2 rings (SSSR count). The lowest BCUT2D eigenvalue weighted by Crippen LogP contribution is -2.25. The van der Waals surface area contributed by atoms with Crippen LogP contribution in [-0.2, 0) is 12.8 Å². The van der Waals surface area contributed by atoms with E-state index in [0.29, 0.717) is 6.42 Å². The zero-order chi connectivity index (χ0) is 12.3. The second kappa shape index (κ2) is 5.38. The van der Waals surface area contributed by atoms with Crippen molar-refractivity contribution >= 4 is 11.3 Å². The second-order valence-electron chi connectivity index (χ2n) is 4.05. The lowest BCUT2D eigenvalue weighted by atomic mass is 10.0. The van der Waals surface area contributed by atoms with Crippen molar-refractivity contribution in [1.29, 1.82) is 0 Å². The van der Waals surface area contributed by atoms with E-state index in [1.165, 1.54) is 11.6 Å². The molecule has 1 aromatic carbocycles. The van der Waals surface area contributed by atoms with Gasteiger partial charge in [0, 0.05) is 6.04 Å². The number of hydrogen-bond acceptors (Lipinski definition) is 2. The summed E-state index contributed by atoms with van der Waals surface area (Å²) >= 11 is 1.63. The minimum absolute atomic E-state index is 0.0746. The molecule has 1 heterocycles. The predicted molar refractivity (Wildman–Crippen MR) is 66.1 cm³/mol. The van der Waals surface area contributed by atoms with E-state index in [-0.39, 0.29) is 6.04 Å². The molecule has 1 aromatic heterocycles. The van der Waals surface area contributed by atoms with Gasteiger partial charge in [-0.15, -0.1) is 0 Å². The molecule has 2 N–H and O–H groups in total. The number of hydrogen-bond donors (Lipinski definition) is 1. The summed E-state index contributed by atoms with van der Waals surface area (Å²) in [5.74, 6) is -1.63. The summed E-state index contributed by atoms with van der Waals surface area (Å²) < 4.78 is 25.7. The molecule has 0 amide bonds. The fourth-order valence-electron chi connectivity index (χ4n) is 1.75. The fourth-order valence-corrected chi connectivity index (χ4v) is 2.43. The van der Waals surface area contributed by atoms with Gasteiger partial charge in [0.1, 0.15) is 0 Å². The van der Waals surface area contributed by atoms with Crippen LogP contribution in [0.5, 0.6) is 0 Å². The molecule has 0 fully saturated rings. The van der Waals surface area contributed by atoms with Crippen LogP contribution in [0.2, 0.25) is 0 Å². The van der Waals surface area contributed by atoms with E-state index in [1.54, 1.807) is 17.4 Å². The van der Waals surface area contributed by atoms with E-state index >= 15 is 0 Å². The smallest absolute Gasteiger partial charge is 0.159 e. The van der Waals surface area contributed by atoms with Crippen LogP contribution >= 0.6 is 11.3 Å². The first-order chi connectivity index (χ1) is 8.15. The number of rotatable bonds is 4. The summed E-state index contributed by atoms with van der Waals surface area (Å²) in [6.45, 7) is 0. The molecular formula is C13H13F2NS. The minimum atomic E-state index is -0.819. The van der Waals surface area contributed by atoms with Crippen molar-refractivity contribution in [1.82, 2.24) is 0 Å². The Kier molecular flexibility index (Phi) is 3.86. The highest BCUT2D eigenvalue weighted by Gasteiger charge is 2.08. The third kappa shape index (κ3) is 3.35. The maximum absolute atomic E-state index is 13.0. The predicted octanol–water partition coefficient (Wildman–Crippen LogP) is 3.14. The molecule has 2 aromatic rings. The average molecular weight is 253 g/mol. The van der Waals surface area contributed by atoms with Crippen molar-refractivity contribution in [2.45, 2.75) is 18.9 Å². The van der Waals surface area contributed by atoms with E-state index in [4.69, 9.17) is 5.73 Å². The standard InChI is InChI=1S/C13H13F2NS/c14-12-2-1-9(7-13(12)15)5-11(16)6-10-3-4-17-8-10/h1-4,7-8,11H,5-6,16H2. The van der Waals surface area contributed by atoms with Crippen molar-refractivity contribution in [2.24, 2.45) is 5.73 Å². The Labute approximate surface area is 103 Å². The Hall–Kier alpha value is -1.26. The first-order valence-corrected chi connectivity index (χ1v) is 6.30. The van der Waals surface area contributed by atoms with E-state index in [1.807, 2.05) is 16.8 Å². The molecule has 0 radical (unpaired) electrons. The van der Waals surface area contributed by atoms with Gasteiger partial charge < -0.3 is 5.73 Å². The highest BCUT2D eigenvalue weighted by Crippen LogP contribution is 2.13. The van der Waals surface area contributed by atoms with Gasteiger partial charge in [0.2, 0.25) is 0 Å². The molecule has 0 saturated carbocycles. The van der Waals surface area contributed by atoms with Crippen LogP contribution in [0.4, 0.5) is 8.78 Å². The van der Waals surface area contributed by atoms with Gasteiger partial charge in [0.25, 0.3) is 0 Å². The summed E-state index contributed by atoms with van der Waals surface area (Å²) in [4.78, 5) is 0. The third-order valence-electron chi connectivity index (χ3n) is 2.56.